The zero-order chi connectivity index (χ0) is 19.7. The molecule has 0 saturated carbocycles. The molecule has 0 saturated heterocycles. The lowest BCUT2D eigenvalue weighted by Crippen LogP contribution is -2.39. The van der Waals surface area contributed by atoms with Gasteiger partial charge in [-0.2, -0.15) is 0 Å². The second kappa shape index (κ2) is 7.69. The largest absolute Gasteiger partial charge is 0.241 e. The maximum absolute atomic E-state index is 13.1. The highest BCUT2D eigenvalue weighted by atomic mass is 32.2. The van der Waals surface area contributed by atoms with E-state index in [0.717, 1.165) is 42.9 Å². The molecular weight excluding hydrogens is 366 g/mol. The molecule has 3 nitrogen and oxygen atoms in total. The van der Waals surface area contributed by atoms with Crippen molar-refractivity contribution in [2.45, 2.75) is 56.9 Å². The van der Waals surface area contributed by atoms with Gasteiger partial charge in [-0.15, -0.1) is 0 Å². The number of hydrogen-bond acceptors (Lipinski definition) is 2. The summed E-state index contributed by atoms with van der Waals surface area (Å²) >= 11 is 0. The van der Waals surface area contributed by atoms with Gasteiger partial charge in [0.2, 0.25) is 10.0 Å². The zero-order valence-corrected chi connectivity index (χ0v) is 17.4. The van der Waals surface area contributed by atoms with E-state index in [1.807, 2.05) is 36.4 Å². The molecule has 0 fully saturated rings. The van der Waals surface area contributed by atoms with Crippen LogP contribution in [0.25, 0.3) is 10.8 Å². The molecule has 0 heterocycles. The van der Waals surface area contributed by atoms with Gasteiger partial charge in [0.1, 0.15) is 0 Å². The first kappa shape index (κ1) is 19.2. The molecule has 0 aromatic heterocycles. The Labute approximate surface area is 167 Å². The Bertz CT molecular complexity index is 1110. The fourth-order valence-electron chi connectivity index (χ4n) is 4.46. The lowest BCUT2D eigenvalue weighted by molar-refractivity contribution is 0.506. The molecule has 3 aromatic carbocycles. The average molecular weight is 394 g/mol. The van der Waals surface area contributed by atoms with Gasteiger partial charge in [0.05, 0.1) is 4.90 Å². The Morgan fingerprint density at radius 2 is 1.82 bits per heavy atom. The highest BCUT2D eigenvalue weighted by Gasteiger charge is 2.26. The van der Waals surface area contributed by atoms with Crippen LogP contribution in [-0.2, 0) is 29.3 Å². The number of benzene rings is 3. The minimum Gasteiger partial charge on any atom is -0.208 e. The maximum Gasteiger partial charge on any atom is 0.241 e. The topological polar surface area (TPSA) is 46.2 Å². The predicted molar refractivity (Wildman–Crippen MR) is 115 cm³/mol. The van der Waals surface area contributed by atoms with Crippen LogP contribution in [0.3, 0.4) is 0 Å². The zero-order valence-electron chi connectivity index (χ0n) is 16.5. The Morgan fingerprint density at radius 3 is 2.64 bits per heavy atom. The van der Waals surface area contributed by atoms with Gasteiger partial charge in [-0.1, -0.05) is 61.9 Å². The molecule has 3 aromatic rings. The third kappa shape index (κ3) is 3.59. The standard InChI is InChI=1S/C24H27NO2S/c1-3-7-21-17(2)12-13-19-16-20(14-15-22(19)21)25-28(26,27)24-11-6-9-18-8-4-5-10-23(18)24/h4-6,8-13,20,25H,3,7,14-16H2,1-2H3. The molecule has 0 amide bonds. The normalized spacial score (nSPS) is 16.9. The minimum absolute atomic E-state index is 0.0614. The van der Waals surface area contributed by atoms with Gasteiger partial charge in [-0.25, -0.2) is 13.1 Å². The molecule has 28 heavy (non-hydrogen) atoms. The van der Waals surface area contributed by atoms with Gasteiger partial charge in [-0.3, -0.25) is 0 Å². The lowest BCUT2D eigenvalue weighted by atomic mass is 9.83. The van der Waals surface area contributed by atoms with Gasteiger partial charge in [0.25, 0.3) is 0 Å². The average Bonchev–Trinajstić information content (AvgIpc) is 2.69. The van der Waals surface area contributed by atoms with E-state index in [4.69, 9.17) is 0 Å². The Morgan fingerprint density at radius 1 is 1.04 bits per heavy atom. The van der Waals surface area contributed by atoms with Crippen molar-refractivity contribution in [3.8, 4) is 0 Å². The third-order valence-electron chi connectivity index (χ3n) is 5.83. The van der Waals surface area contributed by atoms with E-state index in [-0.39, 0.29) is 6.04 Å². The number of sulfonamides is 1. The van der Waals surface area contributed by atoms with E-state index in [1.54, 1.807) is 6.07 Å². The summed E-state index contributed by atoms with van der Waals surface area (Å²) in [6.07, 6.45) is 4.78. The molecule has 0 aliphatic heterocycles. The van der Waals surface area contributed by atoms with E-state index >= 15 is 0 Å². The lowest BCUT2D eigenvalue weighted by Gasteiger charge is -2.28. The van der Waals surface area contributed by atoms with Crippen LogP contribution in [0.4, 0.5) is 0 Å². The van der Waals surface area contributed by atoms with Crippen LogP contribution >= 0.6 is 0 Å². The van der Waals surface area contributed by atoms with Gasteiger partial charge >= 0.3 is 0 Å². The van der Waals surface area contributed by atoms with Crippen molar-refractivity contribution >= 4 is 20.8 Å². The van der Waals surface area contributed by atoms with Crippen LogP contribution in [0.15, 0.2) is 59.5 Å². The number of fused-ring (bicyclic) bond motifs is 2. The van der Waals surface area contributed by atoms with Gasteiger partial charge in [-0.05, 0) is 66.3 Å². The fraction of sp³-hybridized carbons (Fsp3) is 0.333. The summed E-state index contributed by atoms with van der Waals surface area (Å²) in [5, 5.41) is 1.72. The Hall–Kier alpha value is -2.17. The predicted octanol–water partition coefficient (Wildman–Crippen LogP) is 4.94. The SMILES string of the molecule is CCCc1c(C)ccc2c1CCC(NS(=O)(=O)c1cccc3ccccc13)C2. The monoisotopic (exact) mass is 393 g/mol. The highest BCUT2D eigenvalue weighted by Crippen LogP contribution is 2.29. The van der Waals surface area contributed by atoms with E-state index in [9.17, 15) is 8.42 Å². The van der Waals surface area contributed by atoms with E-state index in [2.05, 4.69) is 30.7 Å². The summed E-state index contributed by atoms with van der Waals surface area (Å²) in [7, 11) is -3.57. The van der Waals surface area contributed by atoms with Crippen molar-refractivity contribution in [3.63, 3.8) is 0 Å². The third-order valence-corrected chi connectivity index (χ3v) is 7.41. The van der Waals surface area contributed by atoms with Crippen molar-refractivity contribution < 1.29 is 8.42 Å². The van der Waals surface area contributed by atoms with Gasteiger partial charge < -0.3 is 0 Å². The van der Waals surface area contributed by atoms with Crippen LogP contribution in [0.1, 0.15) is 42.0 Å². The summed E-state index contributed by atoms with van der Waals surface area (Å²) in [5.41, 5.74) is 5.57. The van der Waals surface area contributed by atoms with Crippen LogP contribution in [-0.4, -0.2) is 14.5 Å². The van der Waals surface area contributed by atoms with Crippen molar-refractivity contribution in [1.29, 1.82) is 0 Å². The summed E-state index contributed by atoms with van der Waals surface area (Å²) < 4.78 is 29.3. The second-order valence-corrected chi connectivity index (χ2v) is 9.47. The molecule has 0 radical (unpaired) electrons. The second-order valence-electron chi connectivity index (χ2n) is 7.79. The number of aryl methyl sites for hydroxylation is 1. The van der Waals surface area contributed by atoms with Crippen LogP contribution in [0, 0.1) is 6.92 Å². The number of nitrogens with one attached hydrogen (secondary N) is 1. The summed E-state index contributed by atoms with van der Waals surface area (Å²) in [6.45, 7) is 4.39. The van der Waals surface area contributed by atoms with E-state index in [1.165, 1.54) is 22.3 Å². The van der Waals surface area contributed by atoms with E-state index in [0.29, 0.717) is 4.90 Å². The minimum atomic E-state index is -3.57. The van der Waals surface area contributed by atoms with Crippen molar-refractivity contribution in [2.75, 3.05) is 0 Å². The van der Waals surface area contributed by atoms with E-state index < -0.39 is 10.0 Å². The molecule has 1 N–H and O–H groups in total. The van der Waals surface area contributed by atoms with Gasteiger partial charge in [0, 0.05) is 11.4 Å². The maximum atomic E-state index is 13.1. The molecule has 1 atom stereocenters. The first-order valence-electron chi connectivity index (χ1n) is 10.1. The van der Waals surface area contributed by atoms with Crippen molar-refractivity contribution in [1.82, 2.24) is 4.72 Å². The number of rotatable bonds is 5. The van der Waals surface area contributed by atoms with Crippen LogP contribution < -0.4 is 4.72 Å². The summed E-state index contributed by atoms with van der Waals surface area (Å²) in [6, 6.07) is 17.4. The molecule has 1 aliphatic rings. The molecule has 4 heteroatoms. The highest BCUT2D eigenvalue weighted by molar-refractivity contribution is 7.89. The quantitative estimate of drug-likeness (QED) is 0.668. The van der Waals surface area contributed by atoms with Crippen LogP contribution in [0.2, 0.25) is 0 Å². The van der Waals surface area contributed by atoms with Crippen LogP contribution in [0.5, 0.6) is 0 Å². The summed E-state index contributed by atoms with van der Waals surface area (Å²) in [5.74, 6) is 0. The van der Waals surface area contributed by atoms with Gasteiger partial charge in [0.15, 0.2) is 0 Å². The first-order chi connectivity index (χ1) is 13.5. The smallest absolute Gasteiger partial charge is 0.208 e. The fourth-order valence-corrected chi connectivity index (χ4v) is 5.96. The first-order valence-corrected chi connectivity index (χ1v) is 11.6. The molecule has 146 valence electrons. The Balaban J connectivity index is 1.61. The van der Waals surface area contributed by atoms with Crippen molar-refractivity contribution in [2.24, 2.45) is 0 Å². The molecule has 0 bridgehead atoms. The molecular formula is C24H27NO2S. The Kier molecular flexibility index (Phi) is 5.26. The molecule has 4 rings (SSSR count). The molecule has 1 unspecified atom stereocenters. The summed E-state index contributed by atoms with van der Waals surface area (Å²) in [4.78, 5) is 0.368. The molecule has 1 aliphatic carbocycles. The van der Waals surface area contributed by atoms with Crippen molar-refractivity contribution in [3.05, 3.63) is 76.9 Å². The molecule has 0 spiro atoms. The number of hydrogen-bond donors (Lipinski definition) is 1.